The van der Waals surface area contributed by atoms with E-state index < -0.39 is 18.5 Å². The van der Waals surface area contributed by atoms with Gasteiger partial charge in [0.15, 0.2) is 6.61 Å². The van der Waals surface area contributed by atoms with E-state index in [1.165, 1.54) is 6.08 Å². The number of hydrogen-bond acceptors (Lipinski definition) is 4. The maximum Gasteiger partial charge on any atom is 0.331 e. The highest BCUT2D eigenvalue weighted by Gasteiger charge is 2.21. The number of anilines is 2. The fraction of sp³-hybridized carbons (Fsp3) is 0.190. The lowest BCUT2D eigenvalue weighted by molar-refractivity contribution is -0.142. The van der Waals surface area contributed by atoms with E-state index in [9.17, 15) is 14.4 Å². The number of halogens is 1. The fourth-order valence-electron chi connectivity index (χ4n) is 2.83. The normalized spacial score (nSPS) is 13.8. The van der Waals surface area contributed by atoms with Gasteiger partial charge in [-0.3, -0.25) is 9.59 Å². The molecule has 3 rings (SSSR count). The molecule has 1 aliphatic heterocycles. The van der Waals surface area contributed by atoms with Crippen LogP contribution in [0.1, 0.15) is 18.4 Å². The molecule has 0 atom stereocenters. The molecule has 0 aromatic heterocycles. The van der Waals surface area contributed by atoms with Crippen LogP contribution in [0.2, 0.25) is 0 Å². The molecule has 2 amide bonds. The number of rotatable bonds is 6. The van der Waals surface area contributed by atoms with Gasteiger partial charge in [-0.15, -0.1) is 0 Å². The highest BCUT2D eigenvalue weighted by Crippen LogP contribution is 2.24. The van der Waals surface area contributed by atoms with Gasteiger partial charge in [0.1, 0.15) is 0 Å². The van der Waals surface area contributed by atoms with E-state index in [-0.39, 0.29) is 5.91 Å². The number of carbonyl (C=O) groups excluding carboxylic acids is 3. The van der Waals surface area contributed by atoms with Crippen molar-refractivity contribution < 1.29 is 19.1 Å². The summed E-state index contributed by atoms with van der Waals surface area (Å²) >= 11 is 3.36. The molecule has 1 saturated heterocycles. The summed E-state index contributed by atoms with van der Waals surface area (Å²) in [7, 11) is 0. The van der Waals surface area contributed by atoms with Crippen molar-refractivity contribution in [3.8, 4) is 0 Å². The molecule has 7 heteroatoms. The van der Waals surface area contributed by atoms with Gasteiger partial charge in [-0.1, -0.05) is 34.1 Å². The van der Waals surface area contributed by atoms with E-state index in [0.717, 1.165) is 22.1 Å². The van der Waals surface area contributed by atoms with Gasteiger partial charge in [-0.2, -0.15) is 0 Å². The number of esters is 1. The molecule has 0 bridgehead atoms. The molecule has 0 saturated carbocycles. The summed E-state index contributed by atoms with van der Waals surface area (Å²) in [5.41, 5.74) is 2.13. The Kier molecular flexibility index (Phi) is 6.60. The average Bonchev–Trinajstić information content (AvgIpc) is 3.11. The molecular weight excluding hydrogens is 424 g/mol. The average molecular weight is 443 g/mol. The first kappa shape index (κ1) is 19.8. The van der Waals surface area contributed by atoms with Crippen molar-refractivity contribution in [3.63, 3.8) is 0 Å². The lowest BCUT2D eigenvalue weighted by atomic mass is 10.2. The highest BCUT2D eigenvalue weighted by atomic mass is 79.9. The van der Waals surface area contributed by atoms with Crippen LogP contribution in [-0.2, 0) is 19.1 Å². The Morgan fingerprint density at radius 3 is 2.75 bits per heavy atom. The predicted octanol–water partition coefficient (Wildman–Crippen LogP) is 3.77. The molecule has 0 unspecified atom stereocenters. The van der Waals surface area contributed by atoms with Crippen LogP contribution in [0.4, 0.5) is 11.4 Å². The Balaban J connectivity index is 1.50. The molecule has 0 spiro atoms. The third-order valence-electron chi connectivity index (χ3n) is 4.12. The zero-order valence-corrected chi connectivity index (χ0v) is 16.6. The molecule has 1 fully saturated rings. The Bertz CT molecular complexity index is 926. The topological polar surface area (TPSA) is 75.7 Å². The Morgan fingerprint density at radius 2 is 2.00 bits per heavy atom. The largest absolute Gasteiger partial charge is 0.452 e. The Morgan fingerprint density at radius 1 is 1.18 bits per heavy atom. The minimum absolute atomic E-state index is 0.0784. The van der Waals surface area contributed by atoms with Gasteiger partial charge >= 0.3 is 5.97 Å². The van der Waals surface area contributed by atoms with Crippen molar-refractivity contribution in [2.24, 2.45) is 0 Å². The number of benzene rings is 2. The van der Waals surface area contributed by atoms with Gasteiger partial charge in [0.2, 0.25) is 5.91 Å². The molecule has 28 heavy (non-hydrogen) atoms. The molecular formula is C21H19BrN2O4. The third kappa shape index (κ3) is 5.53. The van der Waals surface area contributed by atoms with Gasteiger partial charge in [-0.25, -0.2) is 4.79 Å². The van der Waals surface area contributed by atoms with Crippen molar-refractivity contribution in [2.45, 2.75) is 12.8 Å². The summed E-state index contributed by atoms with van der Waals surface area (Å²) in [6, 6.07) is 14.5. The van der Waals surface area contributed by atoms with Crippen LogP contribution in [-0.4, -0.2) is 30.9 Å². The van der Waals surface area contributed by atoms with E-state index in [0.29, 0.717) is 18.7 Å². The summed E-state index contributed by atoms with van der Waals surface area (Å²) in [4.78, 5) is 37.3. The molecule has 0 radical (unpaired) electrons. The van der Waals surface area contributed by atoms with Gasteiger partial charge < -0.3 is 15.0 Å². The number of nitrogens with zero attached hydrogens (tertiary/aromatic N) is 1. The Labute approximate surface area is 171 Å². The monoisotopic (exact) mass is 442 g/mol. The SMILES string of the molecule is O=C(COC(=O)/C=C/c1cccc(Br)c1)Nc1cccc(N2CCCC2=O)c1. The maximum atomic E-state index is 12.0. The smallest absolute Gasteiger partial charge is 0.331 e. The van der Waals surface area contributed by atoms with Crippen LogP contribution in [0.25, 0.3) is 6.08 Å². The van der Waals surface area contributed by atoms with Gasteiger partial charge in [0.25, 0.3) is 5.91 Å². The van der Waals surface area contributed by atoms with Crippen LogP contribution >= 0.6 is 15.9 Å². The van der Waals surface area contributed by atoms with E-state index in [2.05, 4.69) is 21.2 Å². The van der Waals surface area contributed by atoms with Crippen LogP contribution in [0.15, 0.2) is 59.1 Å². The summed E-state index contributed by atoms with van der Waals surface area (Å²) < 4.78 is 5.86. The van der Waals surface area contributed by atoms with E-state index in [4.69, 9.17) is 4.74 Å². The predicted molar refractivity (Wildman–Crippen MR) is 111 cm³/mol. The van der Waals surface area contributed by atoms with Crippen LogP contribution in [0.3, 0.4) is 0 Å². The van der Waals surface area contributed by atoms with Gasteiger partial charge in [0, 0.05) is 34.9 Å². The minimum Gasteiger partial charge on any atom is -0.452 e. The van der Waals surface area contributed by atoms with Crippen molar-refractivity contribution in [1.82, 2.24) is 0 Å². The standard InChI is InChI=1S/C21H19BrN2O4/c22-16-5-1-4-15(12-16)9-10-21(27)28-14-19(25)23-17-6-2-7-18(13-17)24-11-3-8-20(24)26/h1-2,4-7,9-10,12-13H,3,8,11,14H2,(H,23,25)/b10-9+. The van der Waals surface area contributed by atoms with Crippen molar-refractivity contribution in [1.29, 1.82) is 0 Å². The van der Waals surface area contributed by atoms with E-state index in [1.807, 2.05) is 30.3 Å². The molecule has 1 aliphatic rings. The zero-order chi connectivity index (χ0) is 19.9. The first-order valence-electron chi connectivity index (χ1n) is 8.82. The molecule has 2 aromatic rings. The van der Waals surface area contributed by atoms with Gasteiger partial charge in [0.05, 0.1) is 0 Å². The third-order valence-corrected chi connectivity index (χ3v) is 4.61. The van der Waals surface area contributed by atoms with E-state index in [1.54, 1.807) is 29.2 Å². The molecule has 2 aromatic carbocycles. The minimum atomic E-state index is -0.605. The summed E-state index contributed by atoms with van der Waals surface area (Å²) in [6.45, 7) is 0.284. The Hall–Kier alpha value is -2.93. The molecule has 0 aliphatic carbocycles. The second-order valence-corrected chi connectivity index (χ2v) is 7.16. The number of carbonyl (C=O) groups is 3. The van der Waals surface area contributed by atoms with Crippen molar-refractivity contribution in [2.75, 3.05) is 23.4 Å². The van der Waals surface area contributed by atoms with Crippen LogP contribution in [0, 0.1) is 0 Å². The van der Waals surface area contributed by atoms with Crippen LogP contribution < -0.4 is 10.2 Å². The maximum absolute atomic E-state index is 12.0. The second kappa shape index (κ2) is 9.32. The number of amides is 2. The lowest BCUT2D eigenvalue weighted by Crippen LogP contribution is -2.24. The quantitative estimate of drug-likeness (QED) is 0.545. The summed E-state index contributed by atoms with van der Waals surface area (Å²) in [5, 5.41) is 2.67. The molecule has 144 valence electrons. The molecule has 1 N–H and O–H groups in total. The van der Waals surface area contributed by atoms with Crippen LogP contribution in [0.5, 0.6) is 0 Å². The highest BCUT2D eigenvalue weighted by molar-refractivity contribution is 9.10. The number of nitrogens with one attached hydrogen (secondary N) is 1. The number of hydrogen-bond donors (Lipinski definition) is 1. The second-order valence-electron chi connectivity index (χ2n) is 6.24. The van der Waals surface area contributed by atoms with Crippen molar-refractivity contribution in [3.05, 3.63) is 64.6 Å². The van der Waals surface area contributed by atoms with Gasteiger partial charge in [-0.05, 0) is 48.4 Å². The molecule has 6 nitrogen and oxygen atoms in total. The molecule has 1 heterocycles. The summed E-state index contributed by atoms with van der Waals surface area (Å²) in [6.07, 6.45) is 4.26. The zero-order valence-electron chi connectivity index (χ0n) is 15.1. The first-order chi connectivity index (χ1) is 13.5. The first-order valence-corrected chi connectivity index (χ1v) is 9.61. The number of ether oxygens (including phenoxy) is 1. The summed E-state index contributed by atoms with van der Waals surface area (Å²) in [5.74, 6) is -0.977. The lowest BCUT2D eigenvalue weighted by Gasteiger charge is -2.16. The fourth-order valence-corrected chi connectivity index (χ4v) is 3.25. The van der Waals surface area contributed by atoms with Crippen molar-refractivity contribution >= 4 is 51.2 Å². The van der Waals surface area contributed by atoms with E-state index >= 15 is 0 Å².